The number of nitrogens with one attached hydrogen (secondary N) is 2. The molecular weight excluding hydrogens is 276 g/mol. The first kappa shape index (κ1) is 13.0. The van der Waals surface area contributed by atoms with Gasteiger partial charge in [-0.15, -0.1) is 0 Å². The van der Waals surface area contributed by atoms with Crippen molar-refractivity contribution in [1.82, 2.24) is 9.78 Å². The zero-order valence-corrected chi connectivity index (χ0v) is 11.9. The van der Waals surface area contributed by atoms with Crippen LogP contribution in [0.2, 0.25) is 0 Å². The molecule has 2 N–H and O–H groups in total. The van der Waals surface area contributed by atoms with E-state index in [1.807, 2.05) is 6.07 Å². The monoisotopic (exact) mass is 292 g/mol. The molecule has 1 aliphatic heterocycles. The molecule has 20 heavy (non-hydrogen) atoms. The molecule has 7 heteroatoms. The van der Waals surface area contributed by atoms with Gasteiger partial charge in [-0.1, -0.05) is 6.07 Å². The second-order valence-electron chi connectivity index (χ2n) is 4.83. The largest absolute Gasteiger partial charge is 0.385 e. The van der Waals surface area contributed by atoms with Crippen LogP contribution in [0, 0.1) is 0 Å². The average Bonchev–Trinajstić information content (AvgIpc) is 2.83. The van der Waals surface area contributed by atoms with Crippen molar-refractivity contribution in [3.8, 4) is 0 Å². The Hall–Kier alpha value is -2.02. The first-order valence-corrected chi connectivity index (χ1v) is 7.92. The Labute approximate surface area is 117 Å². The predicted octanol–water partition coefficient (Wildman–Crippen LogP) is 1.58. The third kappa shape index (κ3) is 2.49. The van der Waals surface area contributed by atoms with E-state index in [2.05, 4.69) is 15.1 Å². The lowest BCUT2D eigenvalue weighted by atomic mass is 10.0. The maximum Gasteiger partial charge on any atom is 0.263 e. The Morgan fingerprint density at radius 1 is 1.35 bits per heavy atom. The summed E-state index contributed by atoms with van der Waals surface area (Å²) >= 11 is 0. The van der Waals surface area contributed by atoms with Gasteiger partial charge >= 0.3 is 0 Å². The van der Waals surface area contributed by atoms with Crippen LogP contribution < -0.4 is 10.0 Å². The predicted molar refractivity (Wildman–Crippen MR) is 77.3 cm³/mol. The molecular formula is C13H16N4O2S. The van der Waals surface area contributed by atoms with Gasteiger partial charge in [-0.2, -0.15) is 5.10 Å². The van der Waals surface area contributed by atoms with E-state index in [1.165, 1.54) is 0 Å². The molecule has 2 aromatic rings. The zero-order valence-electron chi connectivity index (χ0n) is 11.1. The molecule has 0 fully saturated rings. The molecule has 0 aliphatic carbocycles. The van der Waals surface area contributed by atoms with Gasteiger partial charge in [-0.25, -0.2) is 8.42 Å². The van der Waals surface area contributed by atoms with Crippen LogP contribution in [0.1, 0.15) is 12.0 Å². The van der Waals surface area contributed by atoms with Crippen LogP contribution in [-0.2, 0) is 23.5 Å². The molecule has 0 unspecified atom stereocenters. The van der Waals surface area contributed by atoms with Gasteiger partial charge in [0, 0.05) is 31.5 Å². The second kappa shape index (κ2) is 4.82. The van der Waals surface area contributed by atoms with Crippen molar-refractivity contribution in [2.75, 3.05) is 16.6 Å². The van der Waals surface area contributed by atoms with Gasteiger partial charge in [0.15, 0.2) is 5.82 Å². The zero-order chi connectivity index (χ0) is 14.2. The molecule has 0 radical (unpaired) electrons. The third-order valence-electron chi connectivity index (χ3n) is 3.28. The SMILES string of the molecule is Cn1ccc(NS(=O)(=O)c2ccc3c(c2)NCCC3)n1. The number of sulfonamides is 1. The van der Waals surface area contributed by atoms with Crippen molar-refractivity contribution in [2.24, 2.45) is 7.05 Å². The van der Waals surface area contributed by atoms with Gasteiger partial charge in [0.25, 0.3) is 10.0 Å². The first-order chi connectivity index (χ1) is 9.54. The summed E-state index contributed by atoms with van der Waals surface area (Å²) < 4.78 is 28.6. The third-order valence-corrected chi connectivity index (χ3v) is 4.63. The normalized spacial score (nSPS) is 14.4. The maximum atomic E-state index is 12.3. The minimum absolute atomic E-state index is 0.247. The average molecular weight is 292 g/mol. The van der Waals surface area contributed by atoms with Gasteiger partial charge < -0.3 is 5.32 Å². The van der Waals surface area contributed by atoms with Crippen molar-refractivity contribution < 1.29 is 8.42 Å². The lowest BCUT2D eigenvalue weighted by Gasteiger charge is -2.18. The van der Waals surface area contributed by atoms with E-state index in [-0.39, 0.29) is 4.90 Å². The van der Waals surface area contributed by atoms with Crippen molar-refractivity contribution >= 4 is 21.5 Å². The summed E-state index contributed by atoms with van der Waals surface area (Å²) in [5.74, 6) is 0.318. The number of hydrogen-bond acceptors (Lipinski definition) is 4. The standard InChI is InChI=1S/C13H16N4O2S/c1-17-8-6-13(15-17)16-20(18,19)11-5-4-10-3-2-7-14-12(10)9-11/h4-6,8-9,14H,2-3,7H2,1H3,(H,15,16). The Morgan fingerprint density at radius 3 is 2.95 bits per heavy atom. The Kier molecular flexibility index (Phi) is 3.13. The molecule has 0 spiro atoms. The Balaban J connectivity index is 1.91. The molecule has 0 saturated carbocycles. The number of nitrogens with zero attached hydrogens (tertiary/aromatic N) is 2. The molecule has 1 aliphatic rings. The summed E-state index contributed by atoms with van der Waals surface area (Å²) in [5.41, 5.74) is 2.06. The highest BCUT2D eigenvalue weighted by molar-refractivity contribution is 7.92. The van der Waals surface area contributed by atoms with Crippen LogP contribution >= 0.6 is 0 Å². The van der Waals surface area contributed by atoms with Gasteiger partial charge in [0.05, 0.1) is 4.90 Å². The lowest BCUT2D eigenvalue weighted by molar-refractivity contribution is 0.600. The number of fused-ring (bicyclic) bond motifs is 1. The van der Waals surface area contributed by atoms with Crippen LogP contribution in [0.15, 0.2) is 35.4 Å². The molecule has 0 atom stereocenters. The van der Waals surface area contributed by atoms with Crippen LogP contribution in [0.25, 0.3) is 0 Å². The maximum absolute atomic E-state index is 12.3. The first-order valence-electron chi connectivity index (χ1n) is 6.44. The Bertz CT molecular complexity index is 737. The molecule has 0 bridgehead atoms. The number of hydrogen-bond donors (Lipinski definition) is 2. The molecule has 0 saturated heterocycles. The van der Waals surface area contributed by atoms with Crippen LogP contribution in [0.5, 0.6) is 0 Å². The summed E-state index contributed by atoms with van der Waals surface area (Å²) in [6.45, 7) is 0.879. The van der Waals surface area contributed by atoms with Crippen molar-refractivity contribution in [2.45, 2.75) is 17.7 Å². The van der Waals surface area contributed by atoms with E-state index in [1.54, 1.807) is 36.1 Å². The summed E-state index contributed by atoms with van der Waals surface area (Å²) in [4.78, 5) is 0.247. The number of aryl methyl sites for hydroxylation is 2. The summed E-state index contributed by atoms with van der Waals surface area (Å²) in [7, 11) is -1.86. The highest BCUT2D eigenvalue weighted by Gasteiger charge is 2.18. The summed E-state index contributed by atoms with van der Waals surface area (Å²) in [6, 6.07) is 6.81. The molecule has 1 aromatic heterocycles. The van der Waals surface area contributed by atoms with Crippen molar-refractivity contribution in [1.29, 1.82) is 0 Å². The van der Waals surface area contributed by atoms with E-state index in [0.29, 0.717) is 5.82 Å². The number of benzene rings is 1. The van der Waals surface area contributed by atoms with Gasteiger partial charge in [0.1, 0.15) is 0 Å². The van der Waals surface area contributed by atoms with Crippen LogP contribution in [0.3, 0.4) is 0 Å². The van der Waals surface area contributed by atoms with E-state index in [0.717, 1.165) is 30.6 Å². The summed E-state index contributed by atoms with van der Waals surface area (Å²) in [5, 5.41) is 7.25. The highest BCUT2D eigenvalue weighted by atomic mass is 32.2. The molecule has 2 heterocycles. The fourth-order valence-electron chi connectivity index (χ4n) is 2.27. The van der Waals surface area contributed by atoms with Gasteiger partial charge in [-0.3, -0.25) is 9.40 Å². The molecule has 0 amide bonds. The molecule has 6 nitrogen and oxygen atoms in total. The fraction of sp³-hybridized carbons (Fsp3) is 0.308. The smallest absolute Gasteiger partial charge is 0.263 e. The van der Waals surface area contributed by atoms with E-state index < -0.39 is 10.0 Å². The quantitative estimate of drug-likeness (QED) is 0.900. The molecule has 3 rings (SSSR count). The topological polar surface area (TPSA) is 76.0 Å². The lowest BCUT2D eigenvalue weighted by Crippen LogP contribution is -2.16. The Morgan fingerprint density at radius 2 is 2.20 bits per heavy atom. The molecule has 1 aromatic carbocycles. The fourth-order valence-corrected chi connectivity index (χ4v) is 3.30. The van der Waals surface area contributed by atoms with E-state index >= 15 is 0 Å². The van der Waals surface area contributed by atoms with Crippen LogP contribution in [0.4, 0.5) is 11.5 Å². The number of rotatable bonds is 3. The van der Waals surface area contributed by atoms with E-state index in [4.69, 9.17) is 0 Å². The molecule has 106 valence electrons. The number of aromatic nitrogens is 2. The minimum atomic E-state index is -3.60. The van der Waals surface area contributed by atoms with E-state index in [9.17, 15) is 8.42 Å². The summed E-state index contributed by atoms with van der Waals surface area (Å²) in [6.07, 6.45) is 3.74. The number of anilines is 2. The second-order valence-corrected chi connectivity index (χ2v) is 6.51. The van der Waals surface area contributed by atoms with Crippen molar-refractivity contribution in [3.63, 3.8) is 0 Å². The van der Waals surface area contributed by atoms with Gasteiger partial charge in [-0.05, 0) is 30.5 Å². The van der Waals surface area contributed by atoms with Crippen LogP contribution in [-0.4, -0.2) is 24.7 Å². The van der Waals surface area contributed by atoms with Gasteiger partial charge in [0.2, 0.25) is 0 Å². The van der Waals surface area contributed by atoms with Crippen molar-refractivity contribution in [3.05, 3.63) is 36.0 Å². The minimum Gasteiger partial charge on any atom is -0.385 e. The highest BCUT2D eigenvalue weighted by Crippen LogP contribution is 2.26.